The van der Waals surface area contributed by atoms with E-state index in [1.165, 1.54) is 0 Å². The normalized spacial score (nSPS) is 10.8. The van der Waals surface area contributed by atoms with E-state index in [0.717, 1.165) is 10.9 Å². The Bertz CT molecular complexity index is 735. The third-order valence-corrected chi connectivity index (χ3v) is 4.37. The number of benzene rings is 2. The van der Waals surface area contributed by atoms with Crippen LogP contribution in [0, 0.1) is 5.92 Å². The highest BCUT2D eigenvalue weighted by Gasteiger charge is 2.15. The number of hydrogen-bond acceptors (Lipinski definition) is 2. The zero-order valence-electron chi connectivity index (χ0n) is 13.4. The monoisotopic (exact) mass is 429 g/mol. The summed E-state index contributed by atoms with van der Waals surface area (Å²) in [6, 6.07) is 10.3. The van der Waals surface area contributed by atoms with Crippen molar-refractivity contribution in [3.63, 3.8) is 0 Å². The third kappa shape index (κ3) is 5.40. The Morgan fingerprint density at radius 1 is 1.21 bits per heavy atom. The molecule has 0 saturated carbocycles. The van der Waals surface area contributed by atoms with Crippen molar-refractivity contribution in [2.75, 3.05) is 11.9 Å². The molecule has 0 saturated heterocycles. The van der Waals surface area contributed by atoms with Gasteiger partial charge < -0.3 is 10.1 Å². The van der Waals surface area contributed by atoms with Crippen molar-refractivity contribution in [2.24, 2.45) is 5.92 Å². The van der Waals surface area contributed by atoms with Gasteiger partial charge in [0.1, 0.15) is 5.75 Å². The van der Waals surface area contributed by atoms with Gasteiger partial charge in [-0.1, -0.05) is 53.0 Å². The molecule has 3 nitrogen and oxygen atoms in total. The molecule has 128 valence electrons. The predicted molar refractivity (Wildman–Crippen MR) is 104 cm³/mol. The lowest BCUT2D eigenvalue weighted by Gasteiger charge is -2.14. The second-order valence-corrected chi connectivity index (χ2v) is 7.51. The zero-order valence-corrected chi connectivity index (χ0v) is 16.5. The molecule has 2 aromatic rings. The van der Waals surface area contributed by atoms with Crippen molar-refractivity contribution in [1.29, 1.82) is 0 Å². The molecule has 1 amide bonds. The summed E-state index contributed by atoms with van der Waals surface area (Å²) in [5.74, 6) is 0.762. The average molecular weight is 431 g/mol. The summed E-state index contributed by atoms with van der Waals surface area (Å²) in [6.45, 7) is 4.80. The maximum Gasteiger partial charge on any atom is 0.259 e. The molecule has 0 atom stereocenters. The molecule has 2 aromatic carbocycles. The molecule has 1 N–H and O–H groups in total. The number of carbonyl (C=O) groups excluding carboxylic acids is 1. The van der Waals surface area contributed by atoms with Gasteiger partial charge in [0.05, 0.1) is 22.9 Å². The molecule has 0 fully saturated rings. The summed E-state index contributed by atoms with van der Waals surface area (Å²) in [5, 5.41) is 3.70. The summed E-state index contributed by atoms with van der Waals surface area (Å²) in [4.78, 5) is 12.6. The van der Waals surface area contributed by atoms with Gasteiger partial charge in [-0.2, -0.15) is 0 Å². The maximum atomic E-state index is 12.6. The summed E-state index contributed by atoms with van der Waals surface area (Å²) < 4.78 is 6.57. The molecule has 0 aliphatic heterocycles. The maximum absolute atomic E-state index is 12.6. The van der Waals surface area contributed by atoms with E-state index in [-0.39, 0.29) is 5.91 Å². The first-order valence-corrected chi connectivity index (χ1v) is 9.10. The highest BCUT2D eigenvalue weighted by molar-refractivity contribution is 9.10. The van der Waals surface area contributed by atoms with Gasteiger partial charge in [-0.05, 0) is 48.7 Å². The molecule has 0 aliphatic rings. The van der Waals surface area contributed by atoms with Gasteiger partial charge in [-0.25, -0.2) is 0 Å². The van der Waals surface area contributed by atoms with E-state index >= 15 is 0 Å². The predicted octanol–water partition coefficient (Wildman–Crippen LogP) is 6.43. The fourth-order valence-corrected chi connectivity index (χ4v) is 2.69. The Kier molecular flexibility index (Phi) is 6.96. The van der Waals surface area contributed by atoms with E-state index in [1.54, 1.807) is 30.3 Å². The Labute approximate surface area is 160 Å². The van der Waals surface area contributed by atoms with Gasteiger partial charge in [-0.15, -0.1) is 0 Å². The smallest absolute Gasteiger partial charge is 0.259 e. The number of amides is 1. The minimum absolute atomic E-state index is 0.306. The van der Waals surface area contributed by atoms with Crippen LogP contribution in [-0.2, 0) is 0 Å². The van der Waals surface area contributed by atoms with Crippen LogP contribution < -0.4 is 10.1 Å². The van der Waals surface area contributed by atoms with Crippen LogP contribution in [0.4, 0.5) is 5.69 Å². The molecule has 6 heteroatoms. The molecule has 0 bridgehead atoms. The van der Waals surface area contributed by atoms with E-state index in [9.17, 15) is 4.79 Å². The molecular formula is C18H18BrCl2NO2. The Morgan fingerprint density at radius 2 is 1.96 bits per heavy atom. The third-order valence-electron chi connectivity index (χ3n) is 3.32. The molecule has 2 rings (SSSR count). The summed E-state index contributed by atoms with van der Waals surface area (Å²) >= 11 is 15.4. The van der Waals surface area contributed by atoms with Crippen LogP contribution in [0.2, 0.25) is 10.0 Å². The fourth-order valence-electron chi connectivity index (χ4n) is 1.99. The lowest BCUT2D eigenvalue weighted by Crippen LogP contribution is -2.14. The van der Waals surface area contributed by atoms with E-state index in [0.29, 0.717) is 39.6 Å². The van der Waals surface area contributed by atoms with Crippen molar-refractivity contribution < 1.29 is 9.53 Å². The van der Waals surface area contributed by atoms with Gasteiger partial charge in [0.15, 0.2) is 0 Å². The molecule has 0 aromatic heterocycles. The number of rotatable bonds is 6. The quantitative estimate of drug-likeness (QED) is 0.572. The summed E-state index contributed by atoms with van der Waals surface area (Å²) in [5.41, 5.74) is 0.895. The van der Waals surface area contributed by atoms with Crippen LogP contribution >= 0.6 is 39.1 Å². The van der Waals surface area contributed by atoms with Gasteiger partial charge in [0.25, 0.3) is 5.91 Å². The van der Waals surface area contributed by atoms with Crippen LogP contribution in [0.1, 0.15) is 30.6 Å². The minimum atomic E-state index is -0.306. The molecule has 0 aliphatic carbocycles. The van der Waals surface area contributed by atoms with Crippen molar-refractivity contribution in [3.05, 3.63) is 56.5 Å². The second kappa shape index (κ2) is 8.75. The molecule has 0 spiro atoms. The zero-order chi connectivity index (χ0) is 17.7. The van der Waals surface area contributed by atoms with Gasteiger partial charge in [-0.3, -0.25) is 4.79 Å². The SMILES string of the molecule is CC(C)CCOc1ccc(Br)cc1C(=O)Nc1cc(Cl)ccc1Cl. The largest absolute Gasteiger partial charge is 0.493 e. The first kappa shape index (κ1) is 19.1. The number of carbonyl (C=O) groups is 1. The summed E-state index contributed by atoms with van der Waals surface area (Å²) in [6.07, 6.45) is 0.914. The Balaban J connectivity index is 2.21. The fraction of sp³-hybridized carbons (Fsp3) is 0.278. The standard InChI is InChI=1S/C18H18BrCl2NO2/c1-11(2)7-8-24-17-6-3-12(19)9-14(17)18(23)22-16-10-13(20)4-5-15(16)21/h3-6,9-11H,7-8H2,1-2H3,(H,22,23). The first-order valence-electron chi connectivity index (χ1n) is 7.55. The van der Waals surface area contributed by atoms with Crippen molar-refractivity contribution in [1.82, 2.24) is 0 Å². The van der Waals surface area contributed by atoms with Crippen molar-refractivity contribution >= 4 is 50.7 Å². The second-order valence-electron chi connectivity index (χ2n) is 5.75. The van der Waals surface area contributed by atoms with Gasteiger partial charge in [0.2, 0.25) is 0 Å². The van der Waals surface area contributed by atoms with Crippen LogP contribution in [0.5, 0.6) is 5.75 Å². The van der Waals surface area contributed by atoms with E-state index in [4.69, 9.17) is 27.9 Å². The molecule has 0 heterocycles. The van der Waals surface area contributed by atoms with Crippen LogP contribution in [0.15, 0.2) is 40.9 Å². The lowest BCUT2D eigenvalue weighted by molar-refractivity contribution is 0.102. The molecule has 0 unspecified atom stereocenters. The topological polar surface area (TPSA) is 38.3 Å². The molecule has 24 heavy (non-hydrogen) atoms. The Hall–Kier alpha value is -1.23. The summed E-state index contributed by atoms with van der Waals surface area (Å²) in [7, 11) is 0. The van der Waals surface area contributed by atoms with Gasteiger partial charge in [0, 0.05) is 9.50 Å². The number of hydrogen-bond donors (Lipinski definition) is 1. The molecule has 0 radical (unpaired) electrons. The van der Waals surface area contributed by atoms with Crippen LogP contribution in [0.25, 0.3) is 0 Å². The lowest BCUT2D eigenvalue weighted by atomic mass is 10.1. The van der Waals surface area contributed by atoms with E-state index < -0.39 is 0 Å². The number of anilines is 1. The van der Waals surface area contributed by atoms with Crippen LogP contribution in [0.3, 0.4) is 0 Å². The number of nitrogens with one attached hydrogen (secondary N) is 1. The Morgan fingerprint density at radius 3 is 2.67 bits per heavy atom. The van der Waals surface area contributed by atoms with Crippen molar-refractivity contribution in [3.8, 4) is 5.75 Å². The minimum Gasteiger partial charge on any atom is -0.493 e. The first-order chi connectivity index (χ1) is 11.4. The van der Waals surface area contributed by atoms with E-state index in [1.807, 2.05) is 6.07 Å². The number of halogens is 3. The van der Waals surface area contributed by atoms with E-state index in [2.05, 4.69) is 35.1 Å². The highest BCUT2D eigenvalue weighted by Crippen LogP contribution is 2.28. The molecular weight excluding hydrogens is 413 g/mol. The highest BCUT2D eigenvalue weighted by atomic mass is 79.9. The van der Waals surface area contributed by atoms with Crippen molar-refractivity contribution in [2.45, 2.75) is 20.3 Å². The van der Waals surface area contributed by atoms with Gasteiger partial charge >= 0.3 is 0 Å². The van der Waals surface area contributed by atoms with Crippen LogP contribution in [-0.4, -0.2) is 12.5 Å². The number of ether oxygens (including phenoxy) is 1. The average Bonchev–Trinajstić information content (AvgIpc) is 2.52.